The summed E-state index contributed by atoms with van der Waals surface area (Å²) in [5, 5.41) is 0. The number of benzene rings is 1. The lowest BCUT2D eigenvalue weighted by Crippen LogP contribution is -2.52. The molecule has 0 aliphatic carbocycles. The average molecular weight is 597 g/mol. The topological polar surface area (TPSA) is 110 Å². The maximum atomic E-state index is 13.4. The molecule has 0 unspecified atom stereocenters. The number of rotatable bonds is 6. The van der Waals surface area contributed by atoms with Crippen LogP contribution in [0.1, 0.15) is 31.2 Å². The molecule has 214 valence electrons. The summed E-state index contributed by atoms with van der Waals surface area (Å²) >= 11 is 0. The van der Waals surface area contributed by atoms with Crippen LogP contribution in [0.4, 0.5) is 19.1 Å². The number of aryl methyl sites for hydroxylation is 1. The fraction of sp³-hybridized carbons (Fsp3) is 0.440. The van der Waals surface area contributed by atoms with Crippen molar-refractivity contribution in [2.45, 2.75) is 55.8 Å². The van der Waals surface area contributed by atoms with Crippen LogP contribution in [0.2, 0.25) is 0 Å². The van der Waals surface area contributed by atoms with E-state index >= 15 is 0 Å². The van der Waals surface area contributed by atoms with Crippen LogP contribution >= 0.6 is 0 Å². The minimum absolute atomic E-state index is 0.125. The minimum Gasteiger partial charge on any atom is -0.337 e. The fourth-order valence-corrected chi connectivity index (χ4v) is 8.92. The monoisotopic (exact) mass is 596 g/mol. The number of nitrogens with zero attached hydrogens (tertiary/aromatic N) is 6. The van der Waals surface area contributed by atoms with Crippen molar-refractivity contribution in [3.8, 4) is 0 Å². The van der Waals surface area contributed by atoms with Gasteiger partial charge in [-0.25, -0.2) is 30.8 Å². The number of halogens is 3. The lowest BCUT2D eigenvalue weighted by Gasteiger charge is -2.39. The summed E-state index contributed by atoms with van der Waals surface area (Å²) in [5.41, 5.74) is 2.28. The van der Waals surface area contributed by atoms with Crippen molar-refractivity contribution in [2.24, 2.45) is 0 Å². The third-order valence-corrected chi connectivity index (χ3v) is 11.3. The maximum absolute atomic E-state index is 13.4. The molecule has 1 aromatic carbocycles. The summed E-state index contributed by atoms with van der Waals surface area (Å²) < 4.78 is 95.2. The molecule has 0 radical (unpaired) electrons. The Morgan fingerprint density at radius 3 is 2.40 bits per heavy atom. The van der Waals surface area contributed by atoms with E-state index in [0.29, 0.717) is 42.8 Å². The number of imidazole rings is 1. The van der Waals surface area contributed by atoms with Crippen LogP contribution < -0.4 is 4.90 Å². The molecule has 4 aromatic rings. The van der Waals surface area contributed by atoms with Gasteiger partial charge in [-0.3, -0.25) is 4.40 Å². The van der Waals surface area contributed by atoms with E-state index < -0.39 is 44.4 Å². The number of piperidine rings is 1. The summed E-state index contributed by atoms with van der Waals surface area (Å²) in [6.45, 7) is 2.50. The van der Waals surface area contributed by atoms with Gasteiger partial charge < -0.3 is 4.90 Å². The highest BCUT2D eigenvalue weighted by atomic mass is 32.2. The predicted octanol–water partition coefficient (Wildman–Crippen LogP) is 3.55. The first-order chi connectivity index (χ1) is 18.9. The number of sulfonamides is 1. The van der Waals surface area contributed by atoms with Gasteiger partial charge in [0.2, 0.25) is 16.0 Å². The maximum Gasteiger partial charge on any atom is 0.390 e. The summed E-state index contributed by atoms with van der Waals surface area (Å²) in [5.74, 6) is -0.462. The average Bonchev–Trinajstić information content (AvgIpc) is 3.63. The Bertz CT molecular complexity index is 1800. The molecule has 5 heterocycles. The Morgan fingerprint density at radius 2 is 1.68 bits per heavy atom. The summed E-state index contributed by atoms with van der Waals surface area (Å²) in [4.78, 5) is 11.1. The van der Waals surface area contributed by atoms with Crippen LogP contribution in [0.15, 0.2) is 53.8 Å². The highest BCUT2D eigenvalue weighted by molar-refractivity contribution is 7.90. The number of hydrogen-bond donors (Lipinski definition) is 0. The molecular formula is C25H27F3N6O4S2. The molecule has 2 fully saturated rings. The Kier molecular flexibility index (Phi) is 6.38. The van der Waals surface area contributed by atoms with E-state index in [1.807, 2.05) is 11.8 Å². The zero-order chi connectivity index (χ0) is 28.4. The molecule has 2 saturated heterocycles. The third-order valence-electron chi connectivity index (χ3n) is 7.73. The number of alkyl halides is 3. The Balaban J connectivity index is 1.36. The smallest absolute Gasteiger partial charge is 0.337 e. The van der Waals surface area contributed by atoms with Gasteiger partial charge in [0.15, 0.2) is 5.65 Å². The summed E-state index contributed by atoms with van der Waals surface area (Å²) in [7, 11) is -8.03. The van der Waals surface area contributed by atoms with E-state index in [1.165, 1.54) is 16.7 Å². The lowest BCUT2D eigenvalue weighted by molar-refractivity contribution is -0.130. The standard InChI is InChI=1S/C25H27F3N6O4S2/c1-17-4-6-19(7-5-17)40(37,38)33-13-9-22-23(33)29-15-18-16-30-24(34(18)22)31-12-8-21-20(31)3-2-11-32(21)39(35,36)14-10-25(26,27)28/h4-7,9,13,15-16,20-21H,2-3,8,10-12,14H2,1H3/t20-,21+/m0/s1. The quantitative estimate of drug-likeness (QED) is 0.335. The van der Waals surface area contributed by atoms with Gasteiger partial charge in [-0.2, -0.15) is 17.5 Å². The number of hydrogen-bond acceptors (Lipinski definition) is 7. The van der Waals surface area contributed by atoms with Gasteiger partial charge in [-0.05, 0) is 44.4 Å². The van der Waals surface area contributed by atoms with Crippen molar-refractivity contribution in [2.75, 3.05) is 23.7 Å². The molecular weight excluding hydrogens is 569 g/mol. The first-order valence-corrected chi connectivity index (χ1v) is 15.9. The Hall–Kier alpha value is -3.17. The van der Waals surface area contributed by atoms with Crippen molar-refractivity contribution in [3.63, 3.8) is 0 Å². The van der Waals surface area contributed by atoms with Crippen LogP contribution in [0, 0.1) is 6.92 Å². The van der Waals surface area contributed by atoms with Crippen LogP contribution in [0.3, 0.4) is 0 Å². The van der Waals surface area contributed by atoms with Crippen LogP contribution in [0.5, 0.6) is 0 Å². The molecule has 40 heavy (non-hydrogen) atoms. The largest absolute Gasteiger partial charge is 0.390 e. The van der Waals surface area contributed by atoms with Gasteiger partial charge in [-0.1, -0.05) is 17.7 Å². The molecule has 3 aromatic heterocycles. The number of fused-ring (bicyclic) bond motifs is 4. The van der Waals surface area contributed by atoms with Crippen molar-refractivity contribution >= 4 is 42.7 Å². The van der Waals surface area contributed by atoms with Crippen LogP contribution in [-0.2, 0) is 20.0 Å². The molecule has 0 N–H and O–H groups in total. The van der Waals surface area contributed by atoms with Gasteiger partial charge in [0, 0.05) is 31.4 Å². The summed E-state index contributed by atoms with van der Waals surface area (Å²) in [6.07, 6.45) is 0.257. The van der Waals surface area contributed by atoms with Gasteiger partial charge in [0.1, 0.15) is 0 Å². The molecule has 15 heteroatoms. The van der Waals surface area contributed by atoms with Crippen LogP contribution in [-0.4, -0.2) is 76.6 Å². The van der Waals surface area contributed by atoms with Crippen molar-refractivity contribution in [3.05, 3.63) is 54.5 Å². The van der Waals surface area contributed by atoms with Crippen LogP contribution in [0.25, 0.3) is 16.7 Å². The second-order valence-electron chi connectivity index (χ2n) is 10.3. The van der Waals surface area contributed by atoms with Gasteiger partial charge in [0.05, 0.1) is 40.5 Å². The molecule has 6 rings (SSSR count). The fourth-order valence-electron chi connectivity index (χ4n) is 5.83. The van der Waals surface area contributed by atoms with Gasteiger partial charge in [-0.15, -0.1) is 0 Å². The molecule has 2 aliphatic heterocycles. The third kappa shape index (κ3) is 4.53. The first kappa shape index (κ1) is 27.0. The van der Waals surface area contributed by atoms with E-state index in [4.69, 9.17) is 0 Å². The molecule has 2 atom stereocenters. The van der Waals surface area contributed by atoms with Gasteiger partial charge >= 0.3 is 6.18 Å². The second-order valence-corrected chi connectivity index (χ2v) is 14.1. The molecule has 10 nitrogen and oxygen atoms in total. The Labute approximate surface area is 229 Å². The minimum atomic E-state index is -4.55. The van der Waals surface area contributed by atoms with E-state index in [9.17, 15) is 30.0 Å². The molecule has 0 spiro atoms. The second kappa shape index (κ2) is 9.45. The lowest BCUT2D eigenvalue weighted by atomic mass is 9.99. The van der Waals surface area contributed by atoms with E-state index in [0.717, 1.165) is 9.54 Å². The normalized spacial score (nSPS) is 20.9. The van der Waals surface area contributed by atoms with Gasteiger partial charge in [0.25, 0.3) is 10.0 Å². The highest BCUT2D eigenvalue weighted by Crippen LogP contribution is 2.37. The SMILES string of the molecule is Cc1ccc(S(=O)(=O)n2ccc3c2ncc2cnc(N4CC[C@@H]5[C@@H]4CCCN5S(=O)(=O)CCC(F)(F)F)n23)cc1. The molecule has 2 aliphatic rings. The highest BCUT2D eigenvalue weighted by Gasteiger charge is 2.46. The zero-order valence-corrected chi connectivity index (χ0v) is 23.1. The molecule has 0 bridgehead atoms. The number of anilines is 1. The van der Waals surface area contributed by atoms with E-state index in [1.54, 1.807) is 40.9 Å². The molecule has 0 saturated carbocycles. The number of aromatic nitrogens is 4. The molecule has 0 amide bonds. The van der Waals surface area contributed by atoms with Crippen molar-refractivity contribution < 1.29 is 30.0 Å². The zero-order valence-electron chi connectivity index (χ0n) is 21.5. The van der Waals surface area contributed by atoms with E-state index in [2.05, 4.69) is 9.97 Å². The first-order valence-electron chi connectivity index (χ1n) is 12.9. The summed E-state index contributed by atoms with van der Waals surface area (Å²) in [6, 6.07) is 7.43. The Morgan fingerprint density at radius 1 is 0.950 bits per heavy atom. The van der Waals surface area contributed by atoms with Crippen molar-refractivity contribution in [1.82, 2.24) is 22.6 Å². The predicted molar refractivity (Wildman–Crippen MR) is 142 cm³/mol. The van der Waals surface area contributed by atoms with Crippen molar-refractivity contribution in [1.29, 1.82) is 0 Å². The van der Waals surface area contributed by atoms with E-state index in [-0.39, 0.29) is 23.1 Å².